The summed E-state index contributed by atoms with van der Waals surface area (Å²) in [6.07, 6.45) is 3.86. The third-order valence-corrected chi connectivity index (χ3v) is 2.54. The van der Waals surface area contributed by atoms with Crippen LogP contribution in [0.25, 0.3) is 0 Å². The van der Waals surface area contributed by atoms with E-state index >= 15 is 0 Å². The molecular weight excluding hydrogens is 150 g/mol. The molecule has 0 saturated heterocycles. The minimum Gasteiger partial charge on any atom is -0.332 e. The van der Waals surface area contributed by atoms with Gasteiger partial charge in [0.1, 0.15) is 0 Å². The third-order valence-electron chi connectivity index (χ3n) is 2.54. The summed E-state index contributed by atoms with van der Waals surface area (Å²) < 4.78 is 2.24. The molecule has 0 aromatic carbocycles. The van der Waals surface area contributed by atoms with Crippen molar-refractivity contribution in [2.45, 2.75) is 33.0 Å². The van der Waals surface area contributed by atoms with Crippen molar-refractivity contribution >= 4 is 0 Å². The summed E-state index contributed by atoms with van der Waals surface area (Å²) in [5, 5.41) is 3.50. The second-order valence-electron chi connectivity index (χ2n) is 3.77. The maximum Gasteiger partial charge on any atom is 0.0949 e. The molecule has 1 aliphatic rings. The van der Waals surface area contributed by atoms with Crippen LogP contribution in [-0.4, -0.2) is 15.6 Å². The van der Waals surface area contributed by atoms with Crippen molar-refractivity contribution in [3.8, 4) is 0 Å². The number of fused-ring (bicyclic) bond motifs is 1. The van der Waals surface area contributed by atoms with Gasteiger partial charge in [-0.15, -0.1) is 0 Å². The van der Waals surface area contributed by atoms with Gasteiger partial charge in [0.15, 0.2) is 0 Å². The van der Waals surface area contributed by atoms with Crippen LogP contribution in [0.1, 0.15) is 19.5 Å². The van der Waals surface area contributed by atoms with Gasteiger partial charge >= 0.3 is 0 Å². The van der Waals surface area contributed by atoms with E-state index in [2.05, 4.69) is 28.7 Å². The van der Waals surface area contributed by atoms with Gasteiger partial charge in [0.25, 0.3) is 0 Å². The molecule has 0 spiro atoms. The highest BCUT2D eigenvalue weighted by Gasteiger charge is 2.19. The number of hydrogen-bond acceptors (Lipinski definition) is 2. The summed E-state index contributed by atoms with van der Waals surface area (Å²) >= 11 is 0. The molecule has 0 aliphatic carbocycles. The van der Waals surface area contributed by atoms with E-state index in [9.17, 15) is 0 Å². The van der Waals surface area contributed by atoms with E-state index in [4.69, 9.17) is 0 Å². The zero-order valence-corrected chi connectivity index (χ0v) is 7.62. The monoisotopic (exact) mass is 165 g/mol. The first kappa shape index (κ1) is 7.80. The molecule has 1 atom stereocenters. The summed E-state index contributed by atoms with van der Waals surface area (Å²) in [7, 11) is 0. The van der Waals surface area contributed by atoms with Gasteiger partial charge in [-0.2, -0.15) is 0 Å². The maximum atomic E-state index is 4.12. The molecule has 0 amide bonds. The third kappa shape index (κ3) is 1.25. The molecule has 0 fully saturated rings. The van der Waals surface area contributed by atoms with E-state index in [1.807, 2.05) is 12.5 Å². The van der Waals surface area contributed by atoms with Crippen molar-refractivity contribution in [3.05, 3.63) is 18.2 Å². The number of rotatable bonds is 1. The van der Waals surface area contributed by atoms with Gasteiger partial charge in [0.05, 0.1) is 12.0 Å². The Bertz CT molecular complexity index is 264. The summed E-state index contributed by atoms with van der Waals surface area (Å²) in [6.45, 7) is 6.52. The van der Waals surface area contributed by atoms with Crippen LogP contribution in [-0.2, 0) is 13.1 Å². The van der Waals surface area contributed by atoms with E-state index in [0.29, 0.717) is 12.0 Å². The summed E-state index contributed by atoms with van der Waals surface area (Å²) in [5.74, 6) is 0.695. The van der Waals surface area contributed by atoms with Crippen molar-refractivity contribution in [3.63, 3.8) is 0 Å². The Morgan fingerprint density at radius 3 is 3.25 bits per heavy atom. The number of imidazole rings is 1. The van der Waals surface area contributed by atoms with Crippen molar-refractivity contribution in [2.24, 2.45) is 5.92 Å². The van der Waals surface area contributed by atoms with Crippen LogP contribution in [0.3, 0.4) is 0 Å². The summed E-state index contributed by atoms with van der Waals surface area (Å²) in [4.78, 5) is 4.12. The average Bonchev–Trinajstić information content (AvgIpc) is 2.49. The van der Waals surface area contributed by atoms with Crippen molar-refractivity contribution in [1.29, 1.82) is 0 Å². The predicted molar refractivity (Wildman–Crippen MR) is 47.7 cm³/mol. The van der Waals surface area contributed by atoms with E-state index in [0.717, 1.165) is 13.1 Å². The molecular formula is C9H15N3. The van der Waals surface area contributed by atoms with Crippen LogP contribution in [0, 0.1) is 5.92 Å². The van der Waals surface area contributed by atoms with Crippen LogP contribution in [0.15, 0.2) is 12.5 Å². The Kier molecular flexibility index (Phi) is 1.89. The second kappa shape index (κ2) is 2.90. The largest absolute Gasteiger partial charge is 0.332 e. The average molecular weight is 165 g/mol. The van der Waals surface area contributed by atoms with Crippen LogP contribution < -0.4 is 5.32 Å². The molecule has 1 aliphatic heterocycles. The number of hydrogen-bond donors (Lipinski definition) is 1. The minimum atomic E-state index is 0.603. The smallest absolute Gasteiger partial charge is 0.0949 e. The first-order chi connectivity index (χ1) is 5.77. The Hall–Kier alpha value is -0.830. The van der Waals surface area contributed by atoms with Crippen LogP contribution in [0.5, 0.6) is 0 Å². The zero-order chi connectivity index (χ0) is 8.55. The highest BCUT2D eigenvalue weighted by Crippen LogP contribution is 2.12. The standard InChI is InChI=1S/C9H15N3/c1-7(2)9-5-12-6-10-3-8(12)4-11-9/h3,6-7,9,11H,4-5H2,1-2H3. The van der Waals surface area contributed by atoms with Crippen molar-refractivity contribution < 1.29 is 0 Å². The number of aromatic nitrogens is 2. The molecule has 66 valence electrons. The zero-order valence-electron chi connectivity index (χ0n) is 7.62. The molecule has 0 radical (unpaired) electrons. The van der Waals surface area contributed by atoms with Gasteiger partial charge in [0, 0.05) is 25.3 Å². The van der Waals surface area contributed by atoms with Gasteiger partial charge in [-0.05, 0) is 5.92 Å². The van der Waals surface area contributed by atoms with Gasteiger partial charge in [0.2, 0.25) is 0 Å². The fourth-order valence-electron chi connectivity index (χ4n) is 1.62. The first-order valence-corrected chi connectivity index (χ1v) is 4.50. The normalized spacial score (nSPS) is 22.8. The quantitative estimate of drug-likeness (QED) is 0.673. The SMILES string of the molecule is CC(C)C1Cn2cncc2CN1. The first-order valence-electron chi connectivity index (χ1n) is 4.50. The molecule has 2 heterocycles. The van der Waals surface area contributed by atoms with E-state index in [1.54, 1.807) is 0 Å². The molecule has 1 aromatic heterocycles. The predicted octanol–water partition coefficient (Wildman–Crippen LogP) is 1.01. The van der Waals surface area contributed by atoms with Crippen LogP contribution in [0.2, 0.25) is 0 Å². The van der Waals surface area contributed by atoms with Gasteiger partial charge < -0.3 is 9.88 Å². The lowest BCUT2D eigenvalue weighted by Crippen LogP contribution is -2.41. The number of nitrogens with one attached hydrogen (secondary N) is 1. The fraction of sp³-hybridized carbons (Fsp3) is 0.667. The Morgan fingerprint density at radius 2 is 2.50 bits per heavy atom. The molecule has 3 nitrogen and oxygen atoms in total. The highest BCUT2D eigenvalue weighted by atomic mass is 15.1. The lowest BCUT2D eigenvalue weighted by atomic mass is 10.0. The number of nitrogens with zero attached hydrogens (tertiary/aromatic N) is 2. The molecule has 1 aromatic rings. The van der Waals surface area contributed by atoms with Crippen molar-refractivity contribution in [2.75, 3.05) is 0 Å². The summed E-state index contributed by atoms with van der Waals surface area (Å²) in [5.41, 5.74) is 1.30. The molecule has 1 unspecified atom stereocenters. The van der Waals surface area contributed by atoms with Gasteiger partial charge in [-0.25, -0.2) is 4.98 Å². The van der Waals surface area contributed by atoms with Crippen LogP contribution in [0.4, 0.5) is 0 Å². The topological polar surface area (TPSA) is 29.9 Å². The molecule has 3 heteroatoms. The lowest BCUT2D eigenvalue weighted by molar-refractivity contribution is 0.318. The Morgan fingerprint density at radius 1 is 1.67 bits per heavy atom. The van der Waals surface area contributed by atoms with Gasteiger partial charge in [-0.3, -0.25) is 0 Å². The highest BCUT2D eigenvalue weighted by molar-refractivity contribution is 5.02. The van der Waals surface area contributed by atoms with Crippen molar-refractivity contribution in [1.82, 2.24) is 14.9 Å². The summed E-state index contributed by atoms with van der Waals surface area (Å²) in [6, 6.07) is 0.603. The maximum absolute atomic E-state index is 4.12. The van der Waals surface area contributed by atoms with E-state index in [-0.39, 0.29) is 0 Å². The second-order valence-corrected chi connectivity index (χ2v) is 3.77. The van der Waals surface area contributed by atoms with Gasteiger partial charge in [-0.1, -0.05) is 13.8 Å². The molecule has 12 heavy (non-hydrogen) atoms. The van der Waals surface area contributed by atoms with E-state index < -0.39 is 0 Å². The lowest BCUT2D eigenvalue weighted by Gasteiger charge is -2.28. The fourth-order valence-corrected chi connectivity index (χ4v) is 1.62. The molecule has 1 N–H and O–H groups in total. The molecule has 0 saturated carbocycles. The Balaban J connectivity index is 2.15. The van der Waals surface area contributed by atoms with Crippen LogP contribution >= 0.6 is 0 Å². The molecule has 0 bridgehead atoms. The van der Waals surface area contributed by atoms with E-state index in [1.165, 1.54) is 5.69 Å². The minimum absolute atomic E-state index is 0.603. The molecule has 2 rings (SSSR count). The Labute approximate surface area is 72.8 Å².